The van der Waals surface area contributed by atoms with Gasteiger partial charge in [0.05, 0.1) is 11.8 Å². The van der Waals surface area contributed by atoms with Crippen molar-refractivity contribution in [3.05, 3.63) is 41.6 Å². The van der Waals surface area contributed by atoms with E-state index in [-0.39, 0.29) is 28.9 Å². The number of carbonyl (C=O) groups is 3. The highest BCUT2D eigenvalue weighted by Gasteiger charge is 2.28. The first-order valence-electron chi connectivity index (χ1n) is 9.06. The van der Waals surface area contributed by atoms with Gasteiger partial charge in [-0.3, -0.25) is 19.1 Å². The number of likely N-dealkylation sites (tertiary alicyclic amines) is 1. The fraction of sp³-hybridized carbons (Fsp3) is 0.333. The number of pyridine rings is 1. The molecule has 0 bridgehead atoms. The molecule has 0 atom stereocenters. The zero-order chi connectivity index (χ0) is 20.7. The molecule has 1 aliphatic heterocycles. The number of aryl methyl sites for hydroxylation is 1. The molecule has 0 unspecified atom stereocenters. The van der Waals surface area contributed by atoms with Crippen LogP contribution in [0.15, 0.2) is 24.5 Å². The van der Waals surface area contributed by atoms with Gasteiger partial charge in [0, 0.05) is 52.2 Å². The second kappa shape index (κ2) is 7.00. The summed E-state index contributed by atoms with van der Waals surface area (Å²) in [4.78, 5) is 44.7. The summed E-state index contributed by atoms with van der Waals surface area (Å²) in [5.74, 6) is -0.910. The van der Waals surface area contributed by atoms with E-state index in [1.54, 1.807) is 44.4 Å². The zero-order valence-corrected chi connectivity index (χ0v) is 16.3. The van der Waals surface area contributed by atoms with Gasteiger partial charge in [-0.2, -0.15) is 5.10 Å². The van der Waals surface area contributed by atoms with E-state index in [1.165, 1.54) is 20.3 Å². The molecular formula is C18H20N8O3. The number of hydrogen-bond donors (Lipinski definition) is 1. The maximum atomic E-state index is 12.8. The van der Waals surface area contributed by atoms with Gasteiger partial charge in [-0.05, 0) is 12.5 Å². The number of fused-ring (bicyclic) bond motifs is 1. The molecule has 3 aromatic rings. The van der Waals surface area contributed by atoms with Crippen molar-refractivity contribution in [2.75, 3.05) is 32.5 Å². The molecular weight excluding hydrogens is 376 g/mol. The molecule has 11 heteroatoms. The predicted octanol–water partition coefficient (Wildman–Crippen LogP) is 0.263. The normalized spacial score (nSPS) is 13.3. The quantitative estimate of drug-likeness (QED) is 0.676. The maximum Gasteiger partial charge on any atom is 0.293 e. The molecule has 150 valence electrons. The van der Waals surface area contributed by atoms with Crippen LogP contribution in [0.3, 0.4) is 0 Å². The Hall–Kier alpha value is -3.76. The lowest BCUT2D eigenvalue weighted by atomic mass is 10.1. The van der Waals surface area contributed by atoms with Crippen molar-refractivity contribution in [2.24, 2.45) is 7.05 Å². The van der Waals surface area contributed by atoms with Gasteiger partial charge in [-0.1, -0.05) is 0 Å². The molecule has 0 radical (unpaired) electrons. The zero-order valence-electron chi connectivity index (χ0n) is 16.3. The molecule has 0 saturated carbocycles. The molecule has 0 aliphatic carbocycles. The Morgan fingerprint density at radius 1 is 1.21 bits per heavy atom. The fourth-order valence-electron chi connectivity index (χ4n) is 2.99. The molecule has 1 N–H and O–H groups in total. The lowest BCUT2D eigenvalue weighted by molar-refractivity contribution is 0.0648. The summed E-state index contributed by atoms with van der Waals surface area (Å²) in [5, 5.41) is 11.0. The topological polar surface area (TPSA) is 118 Å². The standard InChI is InChI=1S/C18H20N8O3/c1-23(2)18(29)15-21-13-9-11(5-8-26(13)22-15)20-16(27)14-12(10-19-24(14)3)17(28)25-6-4-7-25/h5,8-10H,4,6-7H2,1-3H3,(H,20,27). The third-order valence-electron chi connectivity index (χ3n) is 4.72. The summed E-state index contributed by atoms with van der Waals surface area (Å²) in [6, 6.07) is 3.24. The average molecular weight is 396 g/mol. The van der Waals surface area contributed by atoms with Crippen molar-refractivity contribution in [2.45, 2.75) is 6.42 Å². The van der Waals surface area contributed by atoms with Crippen molar-refractivity contribution < 1.29 is 14.4 Å². The van der Waals surface area contributed by atoms with E-state index in [4.69, 9.17) is 0 Å². The van der Waals surface area contributed by atoms with Crippen LogP contribution in [0.5, 0.6) is 0 Å². The molecule has 3 amide bonds. The van der Waals surface area contributed by atoms with Crippen molar-refractivity contribution >= 4 is 29.1 Å². The van der Waals surface area contributed by atoms with Gasteiger partial charge in [-0.15, -0.1) is 5.10 Å². The number of carbonyl (C=O) groups excluding carboxylic acids is 3. The number of nitrogens with zero attached hydrogens (tertiary/aromatic N) is 7. The van der Waals surface area contributed by atoms with Crippen molar-refractivity contribution in [3.63, 3.8) is 0 Å². The molecule has 1 saturated heterocycles. The number of aromatic nitrogens is 5. The maximum absolute atomic E-state index is 12.8. The smallest absolute Gasteiger partial charge is 0.293 e. The SMILES string of the molecule is CN(C)C(=O)c1nc2cc(NC(=O)c3c(C(=O)N4CCC4)cnn3C)ccn2n1. The van der Waals surface area contributed by atoms with Crippen LogP contribution in [0.25, 0.3) is 5.65 Å². The molecule has 1 aliphatic rings. The van der Waals surface area contributed by atoms with E-state index < -0.39 is 5.91 Å². The van der Waals surface area contributed by atoms with Crippen LogP contribution in [0, 0.1) is 0 Å². The number of rotatable bonds is 4. The molecule has 4 rings (SSSR count). The third kappa shape index (κ3) is 3.30. The van der Waals surface area contributed by atoms with Crippen LogP contribution in [0.2, 0.25) is 0 Å². The van der Waals surface area contributed by atoms with Gasteiger partial charge in [0.15, 0.2) is 5.65 Å². The second-order valence-corrected chi connectivity index (χ2v) is 6.98. The van der Waals surface area contributed by atoms with Gasteiger partial charge in [0.25, 0.3) is 17.7 Å². The summed E-state index contributed by atoms with van der Waals surface area (Å²) < 4.78 is 2.83. The highest BCUT2D eigenvalue weighted by molar-refractivity contribution is 6.11. The summed E-state index contributed by atoms with van der Waals surface area (Å²) in [6.07, 6.45) is 3.97. The molecule has 0 aromatic carbocycles. The molecule has 3 aromatic heterocycles. The van der Waals surface area contributed by atoms with Crippen molar-refractivity contribution in [1.29, 1.82) is 0 Å². The van der Waals surface area contributed by atoms with Crippen LogP contribution >= 0.6 is 0 Å². The summed E-state index contributed by atoms with van der Waals surface area (Å²) in [6.45, 7) is 1.37. The number of amides is 3. The predicted molar refractivity (Wildman–Crippen MR) is 103 cm³/mol. The van der Waals surface area contributed by atoms with Gasteiger partial charge in [0.2, 0.25) is 5.82 Å². The monoisotopic (exact) mass is 396 g/mol. The first kappa shape index (κ1) is 18.6. The van der Waals surface area contributed by atoms with Crippen molar-refractivity contribution in [3.8, 4) is 0 Å². The third-order valence-corrected chi connectivity index (χ3v) is 4.72. The molecule has 1 fully saturated rings. The minimum atomic E-state index is -0.456. The van der Waals surface area contributed by atoms with Crippen LogP contribution in [-0.4, -0.2) is 79.1 Å². The van der Waals surface area contributed by atoms with E-state index >= 15 is 0 Å². The lowest BCUT2D eigenvalue weighted by Crippen LogP contribution is -2.42. The fourth-order valence-corrected chi connectivity index (χ4v) is 2.99. The first-order chi connectivity index (χ1) is 13.8. The Kier molecular flexibility index (Phi) is 4.49. The van der Waals surface area contributed by atoms with Crippen molar-refractivity contribution in [1.82, 2.24) is 34.2 Å². The minimum absolute atomic E-state index is 0.0625. The first-order valence-corrected chi connectivity index (χ1v) is 9.06. The Morgan fingerprint density at radius 2 is 1.97 bits per heavy atom. The van der Waals surface area contributed by atoms with Crippen LogP contribution in [0.1, 0.15) is 37.9 Å². The van der Waals surface area contributed by atoms with Crippen LogP contribution in [-0.2, 0) is 7.05 Å². The number of anilines is 1. The van der Waals surface area contributed by atoms with E-state index in [2.05, 4.69) is 20.5 Å². The highest BCUT2D eigenvalue weighted by atomic mass is 16.2. The second-order valence-electron chi connectivity index (χ2n) is 6.98. The van der Waals surface area contributed by atoms with Gasteiger partial charge in [-0.25, -0.2) is 9.50 Å². The minimum Gasteiger partial charge on any atom is -0.342 e. The molecule has 11 nitrogen and oxygen atoms in total. The summed E-state index contributed by atoms with van der Waals surface area (Å²) >= 11 is 0. The van der Waals surface area contributed by atoms with E-state index in [0.717, 1.165) is 6.42 Å². The Labute approximate surface area is 165 Å². The Balaban J connectivity index is 1.59. The van der Waals surface area contributed by atoms with Crippen LogP contribution < -0.4 is 5.32 Å². The number of hydrogen-bond acceptors (Lipinski definition) is 6. The van der Waals surface area contributed by atoms with Crippen LogP contribution in [0.4, 0.5) is 5.69 Å². The van der Waals surface area contributed by atoms with Gasteiger partial charge in [0.1, 0.15) is 5.69 Å². The molecule has 0 spiro atoms. The van der Waals surface area contributed by atoms with E-state index in [9.17, 15) is 14.4 Å². The Bertz CT molecular complexity index is 1130. The van der Waals surface area contributed by atoms with E-state index in [1.807, 2.05) is 0 Å². The average Bonchev–Trinajstić information content (AvgIpc) is 3.22. The summed E-state index contributed by atoms with van der Waals surface area (Å²) in [7, 11) is 4.85. The van der Waals surface area contributed by atoms with E-state index in [0.29, 0.717) is 24.4 Å². The number of nitrogens with one attached hydrogen (secondary N) is 1. The van der Waals surface area contributed by atoms with Gasteiger partial charge < -0.3 is 15.1 Å². The summed E-state index contributed by atoms with van der Waals surface area (Å²) in [5.41, 5.74) is 1.33. The van der Waals surface area contributed by atoms with Gasteiger partial charge >= 0.3 is 0 Å². The lowest BCUT2D eigenvalue weighted by Gasteiger charge is -2.30. The molecule has 29 heavy (non-hydrogen) atoms. The highest BCUT2D eigenvalue weighted by Crippen LogP contribution is 2.18. The molecule has 4 heterocycles. The largest absolute Gasteiger partial charge is 0.342 e. The Morgan fingerprint density at radius 3 is 2.62 bits per heavy atom.